The van der Waals surface area contributed by atoms with Crippen LogP contribution >= 0.6 is 11.8 Å². The van der Waals surface area contributed by atoms with Gasteiger partial charge < -0.3 is 5.32 Å². The predicted molar refractivity (Wildman–Crippen MR) is 123 cm³/mol. The number of sulfonamides is 1. The summed E-state index contributed by atoms with van der Waals surface area (Å²) in [4.78, 5) is 21.2. The van der Waals surface area contributed by atoms with Crippen LogP contribution in [0.2, 0.25) is 0 Å². The van der Waals surface area contributed by atoms with Crippen LogP contribution in [0.1, 0.15) is 16.7 Å². The van der Waals surface area contributed by atoms with Crippen molar-refractivity contribution in [3.63, 3.8) is 0 Å². The van der Waals surface area contributed by atoms with Gasteiger partial charge in [0.2, 0.25) is 5.91 Å². The molecular weight excluding hydrogens is 432 g/mol. The molecule has 2 aromatic carbocycles. The standard InChI is InChI=1S/C22H22N4O3S2/c1-13-6-8-18-16(9-13)21-19(31(28,29)26(18)4)11-23-22(25-21)30-12-20(27)24-17-10-14(2)5-7-15(17)3/h5-11H,12H2,1-4H3,(H,24,27). The van der Waals surface area contributed by atoms with Crippen molar-refractivity contribution in [2.24, 2.45) is 0 Å². The van der Waals surface area contributed by atoms with Gasteiger partial charge in [0, 0.05) is 18.3 Å². The number of fused-ring (bicyclic) bond motifs is 3. The van der Waals surface area contributed by atoms with E-state index in [-0.39, 0.29) is 16.6 Å². The molecule has 0 atom stereocenters. The fourth-order valence-corrected chi connectivity index (χ4v) is 5.30. The average Bonchev–Trinajstić information content (AvgIpc) is 2.73. The zero-order valence-electron chi connectivity index (χ0n) is 17.6. The van der Waals surface area contributed by atoms with E-state index in [1.54, 1.807) is 6.07 Å². The first-order chi connectivity index (χ1) is 14.7. The molecular formula is C22H22N4O3S2. The van der Waals surface area contributed by atoms with Gasteiger partial charge >= 0.3 is 0 Å². The van der Waals surface area contributed by atoms with E-state index in [4.69, 9.17) is 0 Å². The van der Waals surface area contributed by atoms with Crippen molar-refractivity contribution in [2.75, 3.05) is 22.4 Å². The third kappa shape index (κ3) is 4.03. The predicted octanol–water partition coefficient (Wildman–Crippen LogP) is 3.94. The molecule has 9 heteroatoms. The molecule has 0 aliphatic carbocycles. The van der Waals surface area contributed by atoms with Gasteiger partial charge in [0.1, 0.15) is 4.90 Å². The van der Waals surface area contributed by atoms with Crippen molar-refractivity contribution in [1.82, 2.24) is 9.97 Å². The number of nitrogens with one attached hydrogen (secondary N) is 1. The van der Waals surface area contributed by atoms with E-state index in [1.807, 2.05) is 51.1 Å². The second-order valence-corrected chi connectivity index (χ2v) is 10.4. The Kier molecular flexibility index (Phi) is 5.49. The van der Waals surface area contributed by atoms with Gasteiger partial charge in [0.05, 0.1) is 23.3 Å². The van der Waals surface area contributed by atoms with Gasteiger partial charge in [-0.1, -0.05) is 35.5 Å². The molecule has 160 valence electrons. The molecule has 1 aliphatic heterocycles. The number of aryl methyl sites for hydroxylation is 3. The van der Waals surface area contributed by atoms with Crippen molar-refractivity contribution in [1.29, 1.82) is 0 Å². The zero-order valence-corrected chi connectivity index (χ0v) is 19.3. The van der Waals surface area contributed by atoms with E-state index in [0.29, 0.717) is 16.5 Å². The molecule has 0 unspecified atom stereocenters. The lowest BCUT2D eigenvalue weighted by atomic mass is 10.1. The summed E-state index contributed by atoms with van der Waals surface area (Å²) in [5.74, 6) is -0.0666. The molecule has 1 N–H and O–H groups in total. The number of benzene rings is 2. The number of carbonyl (C=O) groups is 1. The molecule has 1 amide bonds. The lowest BCUT2D eigenvalue weighted by molar-refractivity contribution is -0.113. The number of aromatic nitrogens is 2. The summed E-state index contributed by atoms with van der Waals surface area (Å²) in [6.45, 7) is 5.85. The van der Waals surface area contributed by atoms with Crippen molar-refractivity contribution in [3.8, 4) is 11.3 Å². The highest BCUT2D eigenvalue weighted by molar-refractivity contribution is 7.99. The van der Waals surface area contributed by atoms with E-state index in [0.717, 1.165) is 27.9 Å². The Hall–Kier alpha value is -2.91. The van der Waals surface area contributed by atoms with Gasteiger partial charge in [-0.25, -0.2) is 18.4 Å². The van der Waals surface area contributed by atoms with Crippen LogP contribution in [0.5, 0.6) is 0 Å². The highest BCUT2D eigenvalue weighted by Crippen LogP contribution is 2.41. The maximum Gasteiger partial charge on any atom is 0.267 e. The van der Waals surface area contributed by atoms with E-state index >= 15 is 0 Å². The van der Waals surface area contributed by atoms with E-state index in [9.17, 15) is 13.2 Å². The van der Waals surface area contributed by atoms with Crippen LogP contribution < -0.4 is 9.62 Å². The molecule has 4 rings (SSSR count). The summed E-state index contributed by atoms with van der Waals surface area (Å²) in [5.41, 5.74) is 5.48. The summed E-state index contributed by atoms with van der Waals surface area (Å²) >= 11 is 1.17. The highest BCUT2D eigenvalue weighted by atomic mass is 32.2. The number of anilines is 2. The summed E-state index contributed by atoms with van der Waals surface area (Å²) in [7, 11) is -2.20. The molecule has 31 heavy (non-hydrogen) atoms. The Morgan fingerprint density at radius 3 is 2.58 bits per heavy atom. The molecule has 1 aliphatic rings. The van der Waals surface area contributed by atoms with Crippen LogP contribution in [0.25, 0.3) is 11.3 Å². The summed E-state index contributed by atoms with van der Waals surface area (Å²) in [6, 6.07) is 11.4. The van der Waals surface area contributed by atoms with Gasteiger partial charge in [-0.05, 0) is 50.1 Å². The van der Waals surface area contributed by atoms with Gasteiger partial charge in [0.15, 0.2) is 5.16 Å². The highest BCUT2D eigenvalue weighted by Gasteiger charge is 2.34. The van der Waals surface area contributed by atoms with Crippen LogP contribution in [0.15, 0.2) is 52.6 Å². The lowest BCUT2D eigenvalue weighted by Crippen LogP contribution is -2.31. The third-order valence-corrected chi connectivity index (χ3v) is 7.75. The van der Waals surface area contributed by atoms with Crippen LogP contribution in [0.4, 0.5) is 11.4 Å². The number of hydrogen-bond acceptors (Lipinski definition) is 6. The first kappa shape index (κ1) is 21.3. The number of carbonyl (C=O) groups excluding carboxylic acids is 1. The maximum atomic E-state index is 12.9. The first-order valence-corrected chi connectivity index (χ1v) is 12.1. The number of amides is 1. The van der Waals surface area contributed by atoms with E-state index in [1.165, 1.54) is 29.3 Å². The third-order valence-electron chi connectivity index (χ3n) is 5.12. The lowest BCUT2D eigenvalue weighted by Gasteiger charge is -2.28. The van der Waals surface area contributed by atoms with Gasteiger partial charge in [-0.3, -0.25) is 9.10 Å². The van der Waals surface area contributed by atoms with Crippen LogP contribution in [0, 0.1) is 20.8 Å². The molecule has 3 aromatic rings. The van der Waals surface area contributed by atoms with Crippen molar-refractivity contribution < 1.29 is 13.2 Å². The fourth-order valence-electron chi connectivity index (χ4n) is 3.38. The van der Waals surface area contributed by atoms with Gasteiger partial charge in [-0.2, -0.15) is 0 Å². The Labute approximate surface area is 186 Å². The van der Waals surface area contributed by atoms with Gasteiger partial charge in [0.25, 0.3) is 10.0 Å². The number of hydrogen-bond donors (Lipinski definition) is 1. The number of thioether (sulfide) groups is 1. The van der Waals surface area contributed by atoms with Crippen LogP contribution in [0.3, 0.4) is 0 Å². The molecule has 7 nitrogen and oxygen atoms in total. The summed E-state index contributed by atoms with van der Waals surface area (Å²) in [6.07, 6.45) is 1.32. The zero-order chi connectivity index (χ0) is 22.3. The van der Waals surface area contributed by atoms with Crippen LogP contribution in [-0.2, 0) is 14.8 Å². The molecule has 1 aromatic heterocycles. The Morgan fingerprint density at radius 2 is 1.81 bits per heavy atom. The fraction of sp³-hybridized carbons (Fsp3) is 0.227. The minimum Gasteiger partial charge on any atom is -0.325 e. The second-order valence-electron chi connectivity index (χ2n) is 7.51. The summed E-state index contributed by atoms with van der Waals surface area (Å²) in [5, 5.41) is 3.26. The molecule has 0 bridgehead atoms. The smallest absolute Gasteiger partial charge is 0.267 e. The topological polar surface area (TPSA) is 92.3 Å². The Balaban J connectivity index is 1.59. The first-order valence-electron chi connectivity index (χ1n) is 9.64. The number of rotatable bonds is 4. The monoisotopic (exact) mass is 454 g/mol. The van der Waals surface area contributed by atoms with Crippen molar-refractivity contribution >= 4 is 39.1 Å². The Bertz CT molecular complexity index is 1310. The molecule has 0 fully saturated rings. The van der Waals surface area contributed by atoms with Crippen molar-refractivity contribution in [3.05, 3.63) is 59.3 Å². The Morgan fingerprint density at radius 1 is 1.10 bits per heavy atom. The molecule has 0 spiro atoms. The SMILES string of the molecule is Cc1ccc(C)c(NC(=O)CSc2ncc3c(n2)-c2cc(C)ccc2N(C)S3(=O)=O)c1. The second kappa shape index (κ2) is 7.97. The largest absolute Gasteiger partial charge is 0.325 e. The normalized spacial score (nSPS) is 14.0. The molecule has 0 saturated carbocycles. The molecule has 2 heterocycles. The summed E-state index contributed by atoms with van der Waals surface area (Å²) < 4.78 is 27.0. The van der Waals surface area contributed by atoms with Crippen LogP contribution in [-0.4, -0.2) is 37.1 Å². The van der Waals surface area contributed by atoms with E-state index in [2.05, 4.69) is 15.3 Å². The number of nitrogens with zero attached hydrogens (tertiary/aromatic N) is 3. The maximum absolute atomic E-state index is 12.9. The van der Waals surface area contributed by atoms with Crippen molar-refractivity contribution in [2.45, 2.75) is 30.8 Å². The molecule has 0 radical (unpaired) electrons. The minimum absolute atomic E-state index is 0.0669. The van der Waals surface area contributed by atoms with E-state index < -0.39 is 10.0 Å². The average molecular weight is 455 g/mol. The van der Waals surface area contributed by atoms with Gasteiger partial charge in [-0.15, -0.1) is 0 Å². The minimum atomic E-state index is -3.72. The quantitative estimate of drug-likeness (QED) is 0.474. The molecule has 0 saturated heterocycles.